The molecule has 1 atom stereocenters. The van der Waals surface area contributed by atoms with Gasteiger partial charge in [0.25, 0.3) is 15.9 Å². The Balaban J connectivity index is 1.70. The smallest absolute Gasteiger partial charge is 0.265 e. The molecule has 3 aromatic rings. The topological polar surface area (TPSA) is 84.5 Å². The fraction of sp³-hybridized carbons (Fsp3) is 0.240. The van der Waals surface area contributed by atoms with E-state index in [2.05, 4.69) is 10.0 Å². The van der Waals surface area contributed by atoms with E-state index in [9.17, 15) is 13.2 Å². The molecule has 0 radical (unpaired) electrons. The van der Waals surface area contributed by atoms with Crippen LogP contribution < -0.4 is 14.8 Å². The summed E-state index contributed by atoms with van der Waals surface area (Å²) >= 11 is 0. The summed E-state index contributed by atoms with van der Waals surface area (Å²) in [7, 11) is -3.76. The van der Waals surface area contributed by atoms with E-state index in [0.717, 1.165) is 16.7 Å². The summed E-state index contributed by atoms with van der Waals surface area (Å²) in [4.78, 5) is 12.8. The minimum absolute atomic E-state index is 0.112. The molecule has 1 amide bonds. The van der Waals surface area contributed by atoms with Gasteiger partial charge < -0.3 is 10.1 Å². The first-order chi connectivity index (χ1) is 15.2. The van der Waals surface area contributed by atoms with Crippen molar-refractivity contribution in [3.63, 3.8) is 0 Å². The van der Waals surface area contributed by atoms with E-state index in [0.29, 0.717) is 23.5 Å². The fourth-order valence-corrected chi connectivity index (χ4v) is 4.49. The van der Waals surface area contributed by atoms with Gasteiger partial charge in [0.1, 0.15) is 5.75 Å². The summed E-state index contributed by atoms with van der Waals surface area (Å²) in [6, 6.07) is 19.2. The van der Waals surface area contributed by atoms with Crippen LogP contribution in [0.25, 0.3) is 0 Å². The molecule has 0 bridgehead atoms. The molecule has 3 aromatic carbocycles. The number of amides is 1. The van der Waals surface area contributed by atoms with Crippen molar-refractivity contribution in [3.05, 3.63) is 83.4 Å². The maximum absolute atomic E-state index is 12.8. The summed E-state index contributed by atoms with van der Waals surface area (Å²) in [5.74, 6) is 0.337. The van der Waals surface area contributed by atoms with Crippen LogP contribution in [0.2, 0.25) is 0 Å². The molecule has 0 aromatic heterocycles. The molecule has 2 N–H and O–H groups in total. The molecule has 0 aliphatic rings. The second kappa shape index (κ2) is 9.87. The lowest BCUT2D eigenvalue weighted by molar-refractivity contribution is -0.122. The van der Waals surface area contributed by atoms with Crippen molar-refractivity contribution in [2.75, 3.05) is 10.0 Å². The van der Waals surface area contributed by atoms with E-state index in [1.54, 1.807) is 12.1 Å². The van der Waals surface area contributed by atoms with E-state index >= 15 is 0 Å². The van der Waals surface area contributed by atoms with E-state index < -0.39 is 16.1 Å². The average Bonchev–Trinajstić information content (AvgIpc) is 2.75. The number of sulfonamides is 1. The van der Waals surface area contributed by atoms with Gasteiger partial charge >= 0.3 is 0 Å². The van der Waals surface area contributed by atoms with Crippen LogP contribution in [0.1, 0.15) is 30.0 Å². The largest absolute Gasteiger partial charge is 0.481 e. The van der Waals surface area contributed by atoms with Gasteiger partial charge in [-0.25, -0.2) is 8.42 Å². The van der Waals surface area contributed by atoms with E-state index in [1.165, 1.54) is 12.1 Å². The number of nitrogens with one attached hydrogen (secondary N) is 2. The van der Waals surface area contributed by atoms with Crippen molar-refractivity contribution in [3.8, 4) is 5.75 Å². The molecule has 0 aliphatic carbocycles. The third kappa shape index (κ3) is 5.68. The van der Waals surface area contributed by atoms with E-state index in [-0.39, 0.29) is 10.8 Å². The third-order valence-electron chi connectivity index (χ3n) is 5.08. The molecule has 0 saturated carbocycles. The third-order valence-corrected chi connectivity index (χ3v) is 6.45. The first-order valence-corrected chi connectivity index (χ1v) is 11.9. The van der Waals surface area contributed by atoms with Gasteiger partial charge in [0.15, 0.2) is 6.10 Å². The number of carbonyl (C=O) groups excluding carboxylic acids is 1. The molecule has 0 heterocycles. The minimum Gasteiger partial charge on any atom is -0.481 e. The number of carbonyl (C=O) groups is 1. The minimum atomic E-state index is -3.76. The van der Waals surface area contributed by atoms with Crippen LogP contribution in [0, 0.1) is 20.8 Å². The van der Waals surface area contributed by atoms with Crippen molar-refractivity contribution >= 4 is 27.3 Å². The van der Waals surface area contributed by atoms with Gasteiger partial charge in [-0.2, -0.15) is 0 Å². The fourth-order valence-electron chi connectivity index (χ4n) is 3.28. The van der Waals surface area contributed by atoms with Gasteiger partial charge in [-0.3, -0.25) is 9.52 Å². The van der Waals surface area contributed by atoms with Crippen molar-refractivity contribution < 1.29 is 17.9 Å². The Morgan fingerprint density at radius 1 is 0.938 bits per heavy atom. The molecule has 0 fully saturated rings. The summed E-state index contributed by atoms with van der Waals surface area (Å²) in [5, 5.41) is 2.80. The van der Waals surface area contributed by atoms with E-state index in [4.69, 9.17) is 4.74 Å². The van der Waals surface area contributed by atoms with Gasteiger partial charge in [0, 0.05) is 5.69 Å². The second-order valence-electron chi connectivity index (χ2n) is 7.72. The highest BCUT2D eigenvalue weighted by molar-refractivity contribution is 7.92. The second-order valence-corrected chi connectivity index (χ2v) is 9.40. The molecule has 0 saturated heterocycles. The number of hydrogen-bond acceptors (Lipinski definition) is 4. The van der Waals surface area contributed by atoms with E-state index in [1.807, 2.05) is 70.2 Å². The molecule has 0 aliphatic heterocycles. The highest BCUT2D eigenvalue weighted by atomic mass is 32.2. The van der Waals surface area contributed by atoms with Crippen molar-refractivity contribution in [2.24, 2.45) is 0 Å². The molecule has 168 valence electrons. The maximum Gasteiger partial charge on any atom is 0.265 e. The number of hydrogen-bond donors (Lipinski definition) is 2. The molecule has 3 rings (SSSR count). The molecule has 0 spiro atoms. The molecule has 6 nitrogen and oxygen atoms in total. The quantitative estimate of drug-likeness (QED) is 0.491. The van der Waals surface area contributed by atoms with Crippen LogP contribution >= 0.6 is 0 Å². The van der Waals surface area contributed by atoms with Gasteiger partial charge in [0.05, 0.1) is 10.6 Å². The van der Waals surface area contributed by atoms with Crippen molar-refractivity contribution in [2.45, 2.75) is 45.1 Å². The standard InChI is InChI=1S/C25H28N2O4S/c1-5-23(31-21-11-6-8-17(2)16-21)25(28)26-20-12-14-22(15-13-20)32(29,30)27-24-18(3)9-7-10-19(24)4/h6-16,23,27H,5H2,1-4H3,(H,26,28)/t23-/m1/s1. The number of benzene rings is 3. The SMILES string of the molecule is CC[C@@H](Oc1cccc(C)c1)C(=O)Nc1ccc(S(=O)(=O)Nc2c(C)cccc2C)cc1. The van der Waals surface area contributed by atoms with Gasteiger partial charge in [-0.05, 0) is 80.3 Å². The summed E-state index contributed by atoms with van der Waals surface area (Å²) in [6.45, 7) is 7.53. The zero-order chi connectivity index (χ0) is 23.3. The van der Waals surface area contributed by atoms with Gasteiger partial charge in [-0.1, -0.05) is 37.3 Å². The van der Waals surface area contributed by atoms with Crippen LogP contribution in [0.15, 0.2) is 71.6 Å². The number of anilines is 2. The van der Waals surface area contributed by atoms with Gasteiger partial charge in [0.2, 0.25) is 0 Å². The lowest BCUT2D eigenvalue weighted by Gasteiger charge is -2.18. The van der Waals surface area contributed by atoms with Crippen LogP contribution in [-0.4, -0.2) is 20.4 Å². The lowest BCUT2D eigenvalue weighted by atomic mass is 10.1. The molecule has 32 heavy (non-hydrogen) atoms. The zero-order valence-electron chi connectivity index (χ0n) is 18.7. The normalized spacial score (nSPS) is 12.1. The monoisotopic (exact) mass is 452 g/mol. The summed E-state index contributed by atoms with van der Waals surface area (Å²) in [6.07, 6.45) is -0.169. The molecular formula is C25H28N2O4S. The Kier molecular flexibility index (Phi) is 7.20. The Hall–Kier alpha value is -3.32. The van der Waals surface area contributed by atoms with Crippen LogP contribution in [0.3, 0.4) is 0 Å². The molecule has 0 unspecified atom stereocenters. The Morgan fingerprint density at radius 2 is 1.56 bits per heavy atom. The lowest BCUT2D eigenvalue weighted by Crippen LogP contribution is -2.32. The van der Waals surface area contributed by atoms with Crippen LogP contribution in [0.5, 0.6) is 5.75 Å². The van der Waals surface area contributed by atoms with Crippen LogP contribution in [-0.2, 0) is 14.8 Å². The summed E-state index contributed by atoms with van der Waals surface area (Å²) < 4.78 is 34.1. The number of ether oxygens (including phenoxy) is 1. The predicted octanol–water partition coefficient (Wildman–Crippen LogP) is 5.21. The maximum atomic E-state index is 12.8. The van der Waals surface area contributed by atoms with Crippen LogP contribution in [0.4, 0.5) is 11.4 Å². The number of aryl methyl sites for hydroxylation is 3. The average molecular weight is 453 g/mol. The number of para-hydroxylation sites is 1. The number of rotatable bonds is 8. The highest BCUT2D eigenvalue weighted by Crippen LogP contribution is 2.24. The first-order valence-electron chi connectivity index (χ1n) is 10.4. The van der Waals surface area contributed by atoms with Crippen molar-refractivity contribution in [1.29, 1.82) is 0 Å². The molecular weight excluding hydrogens is 424 g/mol. The highest BCUT2D eigenvalue weighted by Gasteiger charge is 2.20. The molecule has 7 heteroatoms. The van der Waals surface area contributed by atoms with Crippen molar-refractivity contribution in [1.82, 2.24) is 0 Å². The Morgan fingerprint density at radius 3 is 2.16 bits per heavy atom. The van der Waals surface area contributed by atoms with Gasteiger partial charge in [-0.15, -0.1) is 0 Å². The Bertz CT molecular complexity index is 1180. The predicted molar refractivity (Wildman–Crippen MR) is 128 cm³/mol. The Labute approximate surface area is 189 Å². The zero-order valence-corrected chi connectivity index (χ0v) is 19.5. The first kappa shape index (κ1) is 23.3. The summed E-state index contributed by atoms with van der Waals surface area (Å²) in [5.41, 5.74) is 3.80.